The molecule has 162 valence electrons. The molecule has 0 unspecified atom stereocenters. The molecule has 0 spiro atoms. The number of piperidine rings is 1. The van der Waals surface area contributed by atoms with Crippen molar-refractivity contribution in [2.75, 3.05) is 13.1 Å². The van der Waals surface area contributed by atoms with Crippen molar-refractivity contribution in [3.05, 3.63) is 24.0 Å². The van der Waals surface area contributed by atoms with Crippen molar-refractivity contribution in [1.29, 1.82) is 0 Å². The van der Waals surface area contributed by atoms with Crippen molar-refractivity contribution < 1.29 is 8.42 Å². The van der Waals surface area contributed by atoms with Crippen LogP contribution in [0.5, 0.6) is 0 Å². The van der Waals surface area contributed by atoms with Gasteiger partial charge in [0.15, 0.2) is 11.0 Å². The van der Waals surface area contributed by atoms with Crippen LogP contribution in [0.25, 0.3) is 11.0 Å². The summed E-state index contributed by atoms with van der Waals surface area (Å²) in [6, 6.07) is 5.28. The number of aryl methyl sites for hydroxylation is 2. The number of fused-ring (bicyclic) bond motifs is 1. The maximum absolute atomic E-state index is 13.0. The molecule has 0 saturated carbocycles. The molecule has 0 radical (unpaired) electrons. The summed E-state index contributed by atoms with van der Waals surface area (Å²) in [5.41, 5.74) is 1.64. The first-order valence-corrected chi connectivity index (χ1v) is 12.9. The van der Waals surface area contributed by atoms with Crippen molar-refractivity contribution >= 4 is 32.8 Å². The zero-order chi connectivity index (χ0) is 21.1. The molecule has 3 aromatic rings. The Bertz CT molecular complexity index is 1120. The van der Waals surface area contributed by atoms with Crippen LogP contribution in [0.15, 0.2) is 28.3 Å². The number of thioether (sulfide) groups is 1. The molecule has 30 heavy (non-hydrogen) atoms. The van der Waals surface area contributed by atoms with Crippen LogP contribution in [-0.4, -0.2) is 55.6 Å². The average Bonchev–Trinajstić information content (AvgIpc) is 3.35. The highest BCUT2D eigenvalue weighted by molar-refractivity contribution is 7.98. The predicted molar refractivity (Wildman–Crippen MR) is 116 cm³/mol. The second kappa shape index (κ2) is 9.03. The van der Waals surface area contributed by atoms with E-state index < -0.39 is 10.0 Å². The molecule has 1 saturated heterocycles. The summed E-state index contributed by atoms with van der Waals surface area (Å²) in [7, 11) is -3.48. The molecule has 1 aliphatic heterocycles. The molecule has 0 bridgehead atoms. The number of nitrogens with zero attached hydrogens (tertiary/aromatic N) is 7. The van der Waals surface area contributed by atoms with Crippen molar-refractivity contribution in [2.24, 2.45) is 0 Å². The van der Waals surface area contributed by atoms with Crippen LogP contribution >= 0.6 is 11.8 Å². The van der Waals surface area contributed by atoms with Crippen LogP contribution in [0.3, 0.4) is 0 Å². The van der Waals surface area contributed by atoms with E-state index in [0.29, 0.717) is 29.3 Å². The topological polar surface area (TPSA) is 98.8 Å². The Morgan fingerprint density at radius 1 is 1.13 bits per heavy atom. The Kier molecular flexibility index (Phi) is 6.40. The fraction of sp³-hybridized carbons (Fsp3) is 0.579. The molecule has 0 N–H and O–H groups in total. The Labute approximate surface area is 180 Å². The van der Waals surface area contributed by atoms with Crippen LogP contribution in [0.2, 0.25) is 0 Å². The summed E-state index contributed by atoms with van der Waals surface area (Å²) < 4.78 is 31.6. The molecule has 0 aliphatic carbocycles. The van der Waals surface area contributed by atoms with Crippen molar-refractivity contribution in [3.8, 4) is 0 Å². The van der Waals surface area contributed by atoms with Gasteiger partial charge in [-0.25, -0.2) is 18.1 Å². The van der Waals surface area contributed by atoms with E-state index >= 15 is 0 Å². The maximum atomic E-state index is 13.0. The molecule has 11 heteroatoms. The van der Waals surface area contributed by atoms with E-state index in [9.17, 15) is 8.42 Å². The van der Waals surface area contributed by atoms with E-state index in [2.05, 4.69) is 33.9 Å². The van der Waals surface area contributed by atoms with Gasteiger partial charge in [-0.3, -0.25) is 0 Å². The predicted octanol–water partition coefficient (Wildman–Crippen LogP) is 2.92. The van der Waals surface area contributed by atoms with E-state index in [1.807, 2.05) is 10.7 Å². The highest BCUT2D eigenvalue weighted by Crippen LogP contribution is 2.29. The number of hydrogen-bond acceptors (Lipinski definition) is 7. The van der Waals surface area contributed by atoms with Crippen LogP contribution in [0.4, 0.5) is 0 Å². The van der Waals surface area contributed by atoms with Crippen LogP contribution in [0.1, 0.15) is 45.4 Å². The lowest BCUT2D eigenvalue weighted by molar-refractivity contribution is 0.346. The number of tetrazole rings is 1. The number of rotatable bonds is 8. The summed E-state index contributed by atoms with van der Waals surface area (Å²) in [6.45, 7) is 6.87. The fourth-order valence-electron chi connectivity index (χ4n) is 3.76. The van der Waals surface area contributed by atoms with Crippen molar-refractivity contribution in [2.45, 2.75) is 68.4 Å². The molecular formula is C19H27N7O2S2. The smallest absolute Gasteiger partial charge is 0.243 e. The second-order valence-corrected chi connectivity index (χ2v) is 10.2. The highest BCUT2D eigenvalue weighted by Gasteiger charge is 2.26. The maximum Gasteiger partial charge on any atom is 0.243 e. The van der Waals surface area contributed by atoms with Gasteiger partial charge in [-0.2, -0.15) is 4.31 Å². The van der Waals surface area contributed by atoms with Crippen LogP contribution < -0.4 is 0 Å². The molecule has 1 aromatic carbocycles. The quantitative estimate of drug-likeness (QED) is 0.488. The average molecular weight is 450 g/mol. The molecule has 4 rings (SSSR count). The monoisotopic (exact) mass is 449 g/mol. The normalized spacial score (nSPS) is 15.8. The first kappa shape index (κ1) is 21.3. The molecule has 1 aliphatic rings. The number of imidazole rings is 1. The van der Waals surface area contributed by atoms with E-state index in [-0.39, 0.29) is 0 Å². The van der Waals surface area contributed by atoms with Gasteiger partial charge in [0.05, 0.1) is 21.7 Å². The van der Waals surface area contributed by atoms with Gasteiger partial charge >= 0.3 is 0 Å². The van der Waals surface area contributed by atoms with Gasteiger partial charge in [-0.05, 0) is 54.8 Å². The first-order chi connectivity index (χ1) is 14.5. The summed E-state index contributed by atoms with van der Waals surface area (Å²) >= 11 is 1.57. The first-order valence-electron chi connectivity index (χ1n) is 10.4. The lowest BCUT2D eigenvalue weighted by Gasteiger charge is -2.25. The summed E-state index contributed by atoms with van der Waals surface area (Å²) in [6.07, 6.45) is 3.90. The van der Waals surface area contributed by atoms with E-state index in [1.165, 1.54) is 0 Å². The van der Waals surface area contributed by atoms with Gasteiger partial charge < -0.3 is 4.57 Å². The standard InChI is InChI=1S/C19H27N7O2S2/c1-3-10-26-18(21-22-23-26)14-29-19-20-16-13-15(8-9-17(16)25(19)4-2)30(27,28)24-11-6-5-7-12-24/h8-9,13H,3-7,10-12,14H2,1-2H3. The lowest BCUT2D eigenvalue weighted by Crippen LogP contribution is -2.35. The van der Waals surface area contributed by atoms with Crippen molar-refractivity contribution in [1.82, 2.24) is 34.1 Å². The summed E-state index contributed by atoms with van der Waals surface area (Å²) in [5.74, 6) is 1.42. The molecule has 2 aromatic heterocycles. The van der Waals surface area contributed by atoms with Crippen LogP contribution in [-0.2, 0) is 28.9 Å². The highest BCUT2D eigenvalue weighted by atomic mass is 32.2. The van der Waals surface area contributed by atoms with E-state index in [1.54, 1.807) is 28.2 Å². The van der Waals surface area contributed by atoms with E-state index in [4.69, 9.17) is 4.98 Å². The number of aromatic nitrogens is 6. The largest absolute Gasteiger partial charge is 0.319 e. The summed E-state index contributed by atoms with van der Waals surface area (Å²) in [5, 5.41) is 12.8. The molecule has 0 amide bonds. The third kappa shape index (κ3) is 4.10. The molecule has 3 heterocycles. The van der Waals surface area contributed by atoms with Gasteiger partial charge in [0, 0.05) is 26.2 Å². The van der Waals surface area contributed by atoms with Gasteiger partial charge in [-0.15, -0.1) is 5.10 Å². The van der Waals surface area contributed by atoms with Gasteiger partial charge in [-0.1, -0.05) is 25.1 Å². The third-order valence-electron chi connectivity index (χ3n) is 5.33. The Hall–Kier alpha value is -1.98. The summed E-state index contributed by atoms with van der Waals surface area (Å²) in [4.78, 5) is 5.06. The van der Waals surface area contributed by atoms with Crippen LogP contribution in [0, 0.1) is 0 Å². The third-order valence-corrected chi connectivity index (χ3v) is 8.19. The molecule has 9 nitrogen and oxygen atoms in total. The van der Waals surface area contributed by atoms with Gasteiger partial charge in [0.2, 0.25) is 10.0 Å². The number of hydrogen-bond donors (Lipinski definition) is 0. The minimum absolute atomic E-state index is 0.320. The number of benzene rings is 1. The molecule has 0 atom stereocenters. The fourth-order valence-corrected chi connectivity index (χ4v) is 6.31. The van der Waals surface area contributed by atoms with Crippen molar-refractivity contribution in [3.63, 3.8) is 0 Å². The minimum atomic E-state index is -3.48. The minimum Gasteiger partial charge on any atom is -0.319 e. The Morgan fingerprint density at radius 3 is 2.67 bits per heavy atom. The van der Waals surface area contributed by atoms with E-state index in [0.717, 1.165) is 55.3 Å². The lowest BCUT2D eigenvalue weighted by atomic mass is 10.2. The second-order valence-electron chi connectivity index (χ2n) is 7.36. The Morgan fingerprint density at radius 2 is 1.93 bits per heavy atom. The SMILES string of the molecule is CCCn1nnnc1CSc1nc2cc(S(=O)(=O)N3CCCCC3)ccc2n1CC. The molecular weight excluding hydrogens is 422 g/mol. The zero-order valence-corrected chi connectivity index (χ0v) is 19.0. The zero-order valence-electron chi connectivity index (χ0n) is 17.4. The number of sulfonamides is 1. The molecule has 1 fully saturated rings. The Balaban J connectivity index is 1.61. The van der Waals surface area contributed by atoms with Gasteiger partial charge in [0.25, 0.3) is 0 Å². The van der Waals surface area contributed by atoms with Gasteiger partial charge in [0.1, 0.15) is 0 Å².